The summed E-state index contributed by atoms with van der Waals surface area (Å²) < 4.78 is 16.1. The minimum absolute atomic E-state index is 0.157. The largest absolute Gasteiger partial charge is 0.493 e. The third-order valence-corrected chi connectivity index (χ3v) is 5.90. The van der Waals surface area contributed by atoms with Crippen molar-refractivity contribution in [2.45, 2.75) is 64.5 Å². The molecular formula is C23H34N2O5. The number of rotatable bonds is 7. The van der Waals surface area contributed by atoms with Crippen LogP contribution in [0.3, 0.4) is 0 Å². The van der Waals surface area contributed by atoms with Crippen LogP contribution in [-0.2, 0) is 20.8 Å². The molecule has 1 heterocycles. The molecule has 166 valence electrons. The third-order valence-electron chi connectivity index (χ3n) is 5.90. The zero-order chi connectivity index (χ0) is 21.8. The summed E-state index contributed by atoms with van der Waals surface area (Å²) in [4.78, 5) is 17.1. The summed E-state index contributed by atoms with van der Waals surface area (Å²) >= 11 is 0. The van der Waals surface area contributed by atoms with E-state index in [1.807, 2.05) is 26.8 Å². The van der Waals surface area contributed by atoms with Crippen LogP contribution >= 0.6 is 0 Å². The highest BCUT2D eigenvalue weighted by Gasteiger charge is 2.45. The lowest BCUT2D eigenvalue weighted by Crippen LogP contribution is -2.44. The molecule has 2 atom stereocenters. The zero-order valence-electron chi connectivity index (χ0n) is 18.7. The van der Waals surface area contributed by atoms with Crippen molar-refractivity contribution in [3.63, 3.8) is 0 Å². The van der Waals surface area contributed by atoms with Crippen LogP contribution in [0.15, 0.2) is 23.4 Å². The normalized spacial score (nSPS) is 25.0. The Labute approximate surface area is 179 Å². The standard InChI is InChI=1S/C23H34N2O5/c1-22(2,3)30-21(26)15-29-25-17-8-9-23(10-11-24-20(23)13-17)14-16-6-7-18(27-4)19(12-16)28-5/h6-7,12,20,24H,8-11,13-15H2,1-5H3/t20-,23+/m0/s1. The fraction of sp³-hybridized carbons (Fsp3) is 0.652. The predicted molar refractivity (Wildman–Crippen MR) is 115 cm³/mol. The monoisotopic (exact) mass is 418 g/mol. The first kappa shape index (κ1) is 22.4. The Bertz CT molecular complexity index is 786. The molecule has 7 nitrogen and oxygen atoms in total. The van der Waals surface area contributed by atoms with Gasteiger partial charge in [-0.2, -0.15) is 0 Å². The molecule has 1 N–H and O–H groups in total. The Morgan fingerprint density at radius 1 is 1.20 bits per heavy atom. The van der Waals surface area contributed by atoms with Crippen molar-refractivity contribution in [3.05, 3.63) is 23.8 Å². The van der Waals surface area contributed by atoms with Crippen molar-refractivity contribution in [1.82, 2.24) is 5.32 Å². The van der Waals surface area contributed by atoms with E-state index >= 15 is 0 Å². The van der Waals surface area contributed by atoms with Gasteiger partial charge in [0, 0.05) is 12.5 Å². The first-order valence-electron chi connectivity index (χ1n) is 10.6. The third kappa shape index (κ3) is 5.45. The molecule has 0 amide bonds. The number of nitrogens with one attached hydrogen (secondary N) is 1. The number of nitrogens with zero attached hydrogens (tertiary/aromatic N) is 1. The van der Waals surface area contributed by atoms with Gasteiger partial charge in [-0.25, -0.2) is 4.79 Å². The molecule has 0 aromatic heterocycles. The van der Waals surface area contributed by atoms with Crippen molar-refractivity contribution in [2.24, 2.45) is 10.6 Å². The molecule has 2 aliphatic rings. The average Bonchev–Trinajstić information content (AvgIpc) is 3.09. The summed E-state index contributed by atoms with van der Waals surface area (Å²) in [5, 5.41) is 7.89. The topological polar surface area (TPSA) is 78.4 Å². The first-order chi connectivity index (χ1) is 14.2. The maximum absolute atomic E-state index is 11.8. The summed E-state index contributed by atoms with van der Waals surface area (Å²) in [6, 6.07) is 6.53. The summed E-state index contributed by atoms with van der Waals surface area (Å²) in [7, 11) is 3.32. The van der Waals surface area contributed by atoms with Crippen LogP contribution in [0.5, 0.6) is 11.5 Å². The zero-order valence-corrected chi connectivity index (χ0v) is 18.7. The summed E-state index contributed by atoms with van der Waals surface area (Å²) in [5.74, 6) is 1.12. The minimum atomic E-state index is -0.518. The lowest BCUT2D eigenvalue weighted by Gasteiger charge is -2.39. The number of fused-ring (bicyclic) bond motifs is 1. The second-order valence-corrected chi connectivity index (χ2v) is 9.21. The number of benzene rings is 1. The van der Waals surface area contributed by atoms with Crippen LogP contribution in [0.25, 0.3) is 0 Å². The second-order valence-electron chi connectivity index (χ2n) is 9.21. The molecule has 1 aliphatic heterocycles. The Morgan fingerprint density at radius 3 is 2.67 bits per heavy atom. The van der Waals surface area contributed by atoms with Gasteiger partial charge < -0.3 is 24.4 Å². The fourth-order valence-corrected chi connectivity index (χ4v) is 4.53. The van der Waals surface area contributed by atoms with Gasteiger partial charge in [-0.15, -0.1) is 0 Å². The smallest absolute Gasteiger partial charge is 0.347 e. The van der Waals surface area contributed by atoms with Gasteiger partial charge in [-0.05, 0) is 76.1 Å². The van der Waals surface area contributed by atoms with E-state index in [2.05, 4.69) is 22.6 Å². The van der Waals surface area contributed by atoms with Gasteiger partial charge in [0.2, 0.25) is 6.61 Å². The molecule has 1 aromatic carbocycles. The summed E-state index contributed by atoms with van der Waals surface area (Å²) in [5.41, 5.74) is 1.93. The molecule has 3 rings (SSSR count). The number of oxime groups is 1. The molecule has 1 aliphatic carbocycles. The van der Waals surface area contributed by atoms with E-state index in [0.29, 0.717) is 6.04 Å². The average molecular weight is 419 g/mol. The number of methoxy groups -OCH3 is 2. The highest BCUT2D eigenvalue weighted by atomic mass is 16.7. The fourth-order valence-electron chi connectivity index (χ4n) is 4.53. The molecule has 7 heteroatoms. The molecule has 0 bridgehead atoms. The Hall–Kier alpha value is -2.28. The van der Waals surface area contributed by atoms with E-state index in [4.69, 9.17) is 19.0 Å². The quantitative estimate of drug-likeness (QED) is 0.539. The van der Waals surface area contributed by atoms with E-state index in [0.717, 1.165) is 55.9 Å². The molecule has 1 saturated carbocycles. The molecular weight excluding hydrogens is 384 g/mol. The molecule has 0 spiro atoms. The van der Waals surface area contributed by atoms with Gasteiger partial charge in [0.05, 0.1) is 19.9 Å². The van der Waals surface area contributed by atoms with Crippen LogP contribution in [0.2, 0.25) is 0 Å². The maximum Gasteiger partial charge on any atom is 0.347 e. The van der Waals surface area contributed by atoms with E-state index in [1.54, 1.807) is 14.2 Å². The van der Waals surface area contributed by atoms with Crippen LogP contribution < -0.4 is 14.8 Å². The highest BCUT2D eigenvalue weighted by molar-refractivity contribution is 5.85. The summed E-state index contributed by atoms with van der Waals surface area (Å²) in [6.07, 6.45) is 4.87. The van der Waals surface area contributed by atoms with Crippen molar-refractivity contribution in [3.8, 4) is 11.5 Å². The van der Waals surface area contributed by atoms with Gasteiger partial charge in [0.1, 0.15) is 5.60 Å². The van der Waals surface area contributed by atoms with Crippen molar-refractivity contribution in [1.29, 1.82) is 0 Å². The number of ether oxygens (including phenoxy) is 3. The highest BCUT2D eigenvalue weighted by Crippen LogP contribution is 2.45. The van der Waals surface area contributed by atoms with E-state index in [9.17, 15) is 4.79 Å². The van der Waals surface area contributed by atoms with Gasteiger partial charge in [-0.1, -0.05) is 11.2 Å². The predicted octanol–water partition coefficient (Wildman–Crippen LogP) is 3.49. The van der Waals surface area contributed by atoms with Crippen LogP contribution in [0.1, 0.15) is 52.0 Å². The molecule has 30 heavy (non-hydrogen) atoms. The molecule has 0 unspecified atom stereocenters. The molecule has 2 fully saturated rings. The molecule has 0 radical (unpaired) electrons. The van der Waals surface area contributed by atoms with Crippen molar-refractivity contribution < 1.29 is 23.8 Å². The van der Waals surface area contributed by atoms with E-state index in [1.165, 1.54) is 5.56 Å². The van der Waals surface area contributed by atoms with Gasteiger partial charge in [0.25, 0.3) is 0 Å². The van der Waals surface area contributed by atoms with Crippen LogP contribution in [0, 0.1) is 5.41 Å². The Morgan fingerprint density at radius 2 is 1.97 bits per heavy atom. The van der Waals surface area contributed by atoms with Crippen molar-refractivity contribution >= 4 is 11.7 Å². The molecule has 1 aromatic rings. The summed E-state index contributed by atoms with van der Waals surface area (Å²) in [6.45, 7) is 6.35. The SMILES string of the molecule is COc1ccc(C[C@@]23CCN[C@H]2CC(=NOCC(=O)OC(C)(C)C)CC3)cc1OC. The van der Waals surface area contributed by atoms with Crippen molar-refractivity contribution in [2.75, 3.05) is 27.4 Å². The van der Waals surface area contributed by atoms with E-state index < -0.39 is 11.6 Å². The lowest BCUT2D eigenvalue weighted by atomic mass is 9.67. The lowest BCUT2D eigenvalue weighted by molar-refractivity contribution is -0.160. The minimum Gasteiger partial charge on any atom is -0.493 e. The first-order valence-corrected chi connectivity index (χ1v) is 10.6. The van der Waals surface area contributed by atoms with Gasteiger partial charge in [-0.3, -0.25) is 0 Å². The number of carbonyl (C=O) groups excluding carboxylic acids is 1. The number of esters is 1. The van der Waals surface area contributed by atoms with Crippen LogP contribution in [-0.4, -0.2) is 50.7 Å². The number of hydrogen-bond acceptors (Lipinski definition) is 7. The van der Waals surface area contributed by atoms with Crippen LogP contribution in [0.4, 0.5) is 0 Å². The number of hydrogen-bond donors (Lipinski definition) is 1. The molecule has 1 saturated heterocycles. The van der Waals surface area contributed by atoms with Gasteiger partial charge >= 0.3 is 5.97 Å². The van der Waals surface area contributed by atoms with E-state index in [-0.39, 0.29) is 12.0 Å². The second kappa shape index (κ2) is 9.25. The maximum atomic E-state index is 11.8. The Kier molecular flexibility index (Phi) is 6.91. The Balaban J connectivity index is 1.61. The van der Waals surface area contributed by atoms with Gasteiger partial charge in [0.15, 0.2) is 11.5 Å². The number of carbonyl (C=O) groups is 1.